The number of carbonyl (C=O) groups is 1. The lowest BCUT2D eigenvalue weighted by Crippen LogP contribution is -2.36. The molecular weight excluding hydrogens is 200 g/mol. The van der Waals surface area contributed by atoms with Crippen molar-refractivity contribution in [2.75, 3.05) is 13.1 Å². The monoisotopic (exact) mass is 226 g/mol. The van der Waals surface area contributed by atoms with Gasteiger partial charge in [0.2, 0.25) is 0 Å². The van der Waals surface area contributed by atoms with Crippen LogP contribution in [-0.2, 0) is 4.79 Å². The second-order valence-corrected chi connectivity index (χ2v) is 4.76. The molecule has 1 atom stereocenters. The van der Waals surface area contributed by atoms with Crippen molar-refractivity contribution in [3.05, 3.63) is 0 Å². The first-order valence-electron chi connectivity index (χ1n) is 6.83. The minimum atomic E-state index is 0.305. The Hall–Kier alpha value is -0.410. The van der Waals surface area contributed by atoms with Crippen LogP contribution in [0.5, 0.6) is 0 Å². The largest absolute Gasteiger partial charge is 0.299 e. The zero-order chi connectivity index (χ0) is 11.6. The summed E-state index contributed by atoms with van der Waals surface area (Å²) in [5, 5.41) is 0. The van der Waals surface area contributed by atoms with Crippen LogP contribution >= 0.6 is 0 Å². The Morgan fingerprint density at radius 3 is 2.81 bits per heavy atom. The van der Waals surface area contributed by atoms with E-state index in [0.717, 1.165) is 45.2 Å². The summed E-state index contributed by atoms with van der Waals surface area (Å²) in [5.74, 6) is 0.804. The van der Waals surface area contributed by atoms with E-state index in [9.17, 15) is 4.79 Å². The van der Waals surface area contributed by atoms with Crippen LogP contribution in [0, 0.1) is 5.92 Å². The Kier molecular flexibility index (Phi) is 7.43. The molecule has 1 aliphatic heterocycles. The van der Waals surface area contributed by atoms with E-state index in [0.29, 0.717) is 11.7 Å². The fraction of sp³-hybridized carbons (Fsp3) is 0.923. The number of carbonyl (C=O) groups excluding carboxylic acids is 1. The molecule has 0 saturated carbocycles. The van der Waals surface area contributed by atoms with Gasteiger partial charge in [0.15, 0.2) is 0 Å². The number of hydrogen-bond donors (Lipinski definition) is 2. The highest BCUT2D eigenvalue weighted by molar-refractivity contribution is 5.80. The van der Waals surface area contributed by atoms with E-state index >= 15 is 0 Å². The normalized spacial score (nSPS) is 24.3. The van der Waals surface area contributed by atoms with E-state index in [2.05, 4.69) is 17.8 Å². The Balaban J connectivity index is 2.32. The van der Waals surface area contributed by atoms with Gasteiger partial charge in [-0.25, -0.2) is 0 Å². The molecule has 0 aromatic rings. The van der Waals surface area contributed by atoms with Crippen LogP contribution in [0.15, 0.2) is 0 Å². The predicted octanol–water partition coefficient (Wildman–Crippen LogP) is 2.42. The topological polar surface area (TPSA) is 41.1 Å². The first kappa shape index (κ1) is 13.7. The van der Waals surface area contributed by atoms with E-state index in [1.807, 2.05) is 0 Å². The van der Waals surface area contributed by atoms with Crippen molar-refractivity contribution in [1.82, 2.24) is 10.9 Å². The number of hydrogen-bond acceptors (Lipinski definition) is 3. The first-order valence-corrected chi connectivity index (χ1v) is 6.83. The van der Waals surface area contributed by atoms with Crippen molar-refractivity contribution in [3.63, 3.8) is 0 Å². The lowest BCUT2D eigenvalue weighted by molar-refractivity contribution is -0.123. The summed E-state index contributed by atoms with van der Waals surface area (Å²) >= 11 is 0. The average Bonchev–Trinajstić information content (AvgIpc) is 2.30. The molecule has 0 amide bonds. The Morgan fingerprint density at radius 2 is 2.00 bits per heavy atom. The molecule has 1 unspecified atom stereocenters. The molecular formula is C13H26N2O. The molecule has 1 heterocycles. The molecule has 2 N–H and O–H groups in total. The van der Waals surface area contributed by atoms with E-state index in [1.165, 1.54) is 19.3 Å². The molecule has 16 heavy (non-hydrogen) atoms. The first-order chi connectivity index (χ1) is 7.84. The third kappa shape index (κ3) is 5.61. The number of hydrazine groups is 1. The molecule has 0 spiro atoms. The van der Waals surface area contributed by atoms with Gasteiger partial charge in [0.05, 0.1) is 0 Å². The van der Waals surface area contributed by atoms with Crippen LogP contribution in [0.3, 0.4) is 0 Å². The highest BCUT2D eigenvalue weighted by Crippen LogP contribution is 2.17. The maximum absolute atomic E-state index is 12.0. The number of Topliss-reactive ketones (excluding diaryl/α,β-unsaturated/α-hetero) is 1. The van der Waals surface area contributed by atoms with E-state index in [-0.39, 0.29) is 0 Å². The average molecular weight is 226 g/mol. The molecule has 0 aromatic heterocycles. The lowest BCUT2D eigenvalue weighted by Gasteiger charge is -2.18. The van der Waals surface area contributed by atoms with Crippen molar-refractivity contribution in [2.45, 2.75) is 58.3 Å². The van der Waals surface area contributed by atoms with Gasteiger partial charge in [-0.1, -0.05) is 26.2 Å². The molecule has 0 radical (unpaired) electrons. The van der Waals surface area contributed by atoms with Gasteiger partial charge in [-0.15, -0.1) is 0 Å². The number of nitrogens with one attached hydrogen (secondary N) is 2. The van der Waals surface area contributed by atoms with Crippen LogP contribution in [0.25, 0.3) is 0 Å². The van der Waals surface area contributed by atoms with Crippen molar-refractivity contribution in [3.8, 4) is 0 Å². The van der Waals surface area contributed by atoms with Gasteiger partial charge >= 0.3 is 0 Å². The van der Waals surface area contributed by atoms with E-state index < -0.39 is 0 Å². The van der Waals surface area contributed by atoms with Gasteiger partial charge < -0.3 is 0 Å². The van der Waals surface area contributed by atoms with E-state index in [4.69, 9.17) is 0 Å². The third-order valence-corrected chi connectivity index (χ3v) is 3.33. The summed E-state index contributed by atoms with van der Waals surface area (Å²) in [6.07, 6.45) is 8.72. The number of rotatable bonds is 4. The molecule has 1 rings (SSSR count). The zero-order valence-corrected chi connectivity index (χ0v) is 10.6. The summed E-state index contributed by atoms with van der Waals surface area (Å²) < 4.78 is 0. The summed E-state index contributed by atoms with van der Waals surface area (Å²) in [7, 11) is 0. The highest BCUT2D eigenvalue weighted by atomic mass is 16.1. The number of ketones is 1. The molecule has 0 aliphatic carbocycles. The summed E-state index contributed by atoms with van der Waals surface area (Å²) in [5.41, 5.74) is 6.39. The summed E-state index contributed by atoms with van der Waals surface area (Å²) in [4.78, 5) is 12.0. The van der Waals surface area contributed by atoms with Crippen LogP contribution in [0.1, 0.15) is 58.3 Å². The predicted molar refractivity (Wildman–Crippen MR) is 67.1 cm³/mol. The lowest BCUT2D eigenvalue weighted by atomic mass is 9.90. The van der Waals surface area contributed by atoms with Crippen LogP contribution in [0.2, 0.25) is 0 Å². The second-order valence-electron chi connectivity index (χ2n) is 4.76. The van der Waals surface area contributed by atoms with Gasteiger partial charge in [-0.05, 0) is 25.7 Å². The van der Waals surface area contributed by atoms with Crippen molar-refractivity contribution in [1.29, 1.82) is 0 Å². The second kappa shape index (κ2) is 8.71. The third-order valence-electron chi connectivity index (χ3n) is 3.33. The van der Waals surface area contributed by atoms with Crippen LogP contribution in [-0.4, -0.2) is 18.9 Å². The van der Waals surface area contributed by atoms with Gasteiger partial charge in [-0.2, -0.15) is 0 Å². The summed E-state index contributed by atoms with van der Waals surface area (Å²) in [6, 6.07) is 0. The maximum Gasteiger partial charge on any atom is 0.136 e. The Labute approximate surface area is 99.3 Å². The van der Waals surface area contributed by atoms with Crippen molar-refractivity contribution in [2.24, 2.45) is 5.92 Å². The van der Waals surface area contributed by atoms with Crippen LogP contribution < -0.4 is 10.9 Å². The Bertz CT molecular complexity index is 192. The SMILES string of the molecule is CCCCCC1CCNNCCCCC1=O. The Morgan fingerprint density at radius 1 is 1.19 bits per heavy atom. The fourth-order valence-corrected chi connectivity index (χ4v) is 2.25. The molecule has 0 bridgehead atoms. The van der Waals surface area contributed by atoms with Crippen molar-refractivity contribution >= 4 is 5.78 Å². The fourth-order valence-electron chi connectivity index (χ4n) is 2.25. The maximum atomic E-state index is 12.0. The minimum absolute atomic E-state index is 0.305. The summed E-state index contributed by atoms with van der Waals surface area (Å²) in [6.45, 7) is 4.11. The molecule has 1 aliphatic rings. The highest BCUT2D eigenvalue weighted by Gasteiger charge is 2.17. The molecule has 3 nitrogen and oxygen atoms in total. The smallest absolute Gasteiger partial charge is 0.136 e. The standard InChI is InChI=1S/C13H26N2O/c1-2-3-4-7-12-9-11-15-14-10-6-5-8-13(12)16/h12,14-15H,2-11H2,1H3. The zero-order valence-electron chi connectivity index (χ0n) is 10.6. The van der Waals surface area contributed by atoms with Gasteiger partial charge in [0.1, 0.15) is 5.78 Å². The molecule has 94 valence electrons. The van der Waals surface area contributed by atoms with Gasteiger partial charge in [-0.3, -0.25) is 15.6 Å². The van der Waals surface area contributed by atoms with Gasteiger partial charge in [0.25, 0.3) is 0 Å². The minimum Gasteiger partial charge on any atom is -0.299 e. The van der Waals surface area contributed by atoms with Gasteiger partial charge in [0, 0.05) is 25.4 Å². The molecule has 1 saturated heterocycles. The number of unbranched alkanes of at least 4 members (excludes halogenated alkanes) is 2. The molecule has 3 heteroatoms. The molecule has 0 aromatic carbocycles. The van der Waals surface area contributed by atoms with Crippen molar-refractivity contribution < 1.29 is 4.79 Å². The molecule has 1 fully saturated rings. The quantitative estimate of drug-likeness (QED) is 0.723. The van der Waals surface area contributed by atoms with E-state index in [1.54, 1.807) is 0 Å². The van der Waals surface area contributed by atoms with Crippen LogP contribution in [0.4, 0.5) is 0 Å².